The van der Waals surface area contributed by atoms with Crippen molar-refractivity contribution in [3.8, 4) is 11.5 Å². The van der Waals surface area contributed by atoms with Gasteiger partial charge in [0.2, 0.25) is 5.95 Å². The Morgan fingerprint density at radius 2 is 1.88 bits per heavy atom. The Bertz CT molecular complexity index is 713. The molecule has 26 heavy (non-hydrogen) atoms. The van der Waals surface area contributed by atoms with Crippen LogP contribution in [0.25, 0.3) is 0 Å². The van der Waals surface area contributed by atoms with E-state index in [1.165, 1.54) is 33.6 Å². The summed E-state index contributed by atoms with van der Waals surface area (Å²) in [6.45, 7) is 3.06. The third-order valence-electron chi connectivity index (χ3n) is 3.44. The molecule has 0 spiro atoms. The molecule has 0 amide bonds. The number of nitrogen functional groups attached to an aromatic ring is 1. The number of nitrogens with one attached hydrogen (secondary N) is 1. The lowest BCUT2D eigenvalue weighted by molar-refractivity contribution is 0.0978. The zero-order chi connectivity index (χ0) is 19.0. The molecule has 0 saturated heterocycles. The van der Waals surface area contributed by atoms with E-state index in [9.17, 15) is 8.78 Å². The van der Waals surface area contributed by atoms with Crippen LogP contribution >= 0.6 is 9.24 Å². The highest BCUT2D eigenvalue weighted by atomic mass is 31.0. The Hall–Kier alpha value is -2.21. The van der Waals surface area contributed by atoms with E-state index in [-0.39, 0.29) is 30.5 Å². The minimum Gasteiger partial charge on any atom is -0.490 e. The number of aromatic nitrogens is 2. The molecule has 0 radical (unpaired) electrons. The van der Waals surface area contributed by atoms with E-state index in [2.05, 4.69) is 22.2 Å². The Morgan fingerprint density at radius 3 is 2.58 bits per heavy atom. The summed E-state index contributed by atoms with van der Waals surface area (Å²) in [6.07, 6.45) is 3.49. The lowest BCUT2D eigenvalue weighted by atomic mass is 10.2. The van der Waals surface area contributed by atoms with Crippen LogP contribution in [0.1, 0.15) is 25.3 Å². The highest BCUT2D eigenvalue weighted by Gasteiger charge is 2.28. The van der Waals surface area contributed by atoms with Crippen LogP contribution in [0.3, 0.4) is 0 Å². The molecule has 0 aliphatic rings. The number of rotatable bonds is 10. The first kappa shape index (κ1) is 20.1. The van der Waals surface area contributed by atoms with E-state index >= 15 is 0 Å². The zero-order valence-electron chi connectivity index (χ0n) is 14.5. The number of hydrogen-bond donors (Lipinski definition) is 2. The predicted octanol–water partition coefficient (Wildman–Crippen LogP) is 3.65. The number of unbranched alkanes of at least 4 members (excludes halogenated alkanes) is 1. The zero-order valence-corrected chi connectivity index (χ0v) is 15.7. The fourth-order valence-electron chi connectivity index (χ4n) is 2.17. The van der Waals surface area contributed by atoms with E-state index in [4.69, 9.17) is 15.2 Å². The number of nitrogens with zero attached hydrogens (tertiary/aromatic N) is 2. The second kappa shape index (κ2) is 9.48. The van der Waals surface area contributed by atoms with Gasteiger partial charge in [0.05, 0.1) is 11.8 Å². The van der Waals surface area contributed by atoms with Gasteiger partial charge in [-0.25, -0.2) is 4.98 Å². The molecule has 2 rings (SSSR count). The van der Waals surface area contributed by atoms with Crippen molar-refractivity contribution < 1.29 is 18.3 Å². The maximum atomic E-state index is 13.5. The highest BCUT2D eigenvalue weighted by Crippen LogP contribution is 2.40. The molecule has 9 heteroatoms. The fourth-order valence-corrected chi connectivity index (χ4v) is 2.41. The van der Waals surface area contributed by atoms with Gasteiger partial charge in [-0.05, 0) is 18.6 Å². The third kappa shape index (κ3) is 5.95. The summed E-state index contributed by atoms with van der Waals surface area (Å²) in [7, 11) is 1.51. The monoisotopic (exact) mass is 384 g/mol. The summed E-state index contributed by atoms with van der Waals surface area (Å²) < 4.78 is 38.1. The first-order valence-electron chi connectivity index (χ1n) is 8.30. The quantitative estimate of drug-likeness (QED) is 0.481. The average molecular weight is 384 g/mol. The van der Waals surface area contributed by atoms with Gasteiger partial charge in [-0.3, -0.25) is 0 Å². The van der Waals surface area contributed by atoms with E-state index < -0.39 is 5.66 Å². The van der Waals surface area contributed by atoms with E-state index in [0.29, 0.717) is 11.6 Å². The topological polar surface area (TPSA) is 82.3 Å². The van der Waals surface area contributed by atoms with Crippen LogP contribution in [0.15, 0.2) is 30.5 Å². The normalized spacial score (nSPS) is 11.2. The SMILES string of the molecule is CCCCNc1nc(N)ncc1OCCOc1ccccc1C(F)(F)P. The van der Waals surface area contributed by atoms with Crippen LogP contribution in [0.2, 0.25) is 0 Å². The largest absolute Gasteiger partial charge is 0.490 e. The molecule has 0 saturated carbocycles. The minimum atomic E-state index is -3.06. The molecule has 1 aromatic heterocycles. The van der Waals surface area contributed by atoms with Crippen LogP contribution < -0.4 is 20.5 Å². The molecule has 1 atom stereocenters. The average Bonchev–Trinajstić information content (AvgIpc) is 2.60. The molecule has 1 aromatic carbocycles. The van der Waals surface area contributed by atoms with Crippen LogP contribution in [0.4, 0.5) is 20.5 Å². The number of hydrogen-bond acceptors (Lipinski definition) is 6. The number of para-hydroxylation sites is 1. The van der Waals surface area contributed by atoms with Gasteiger partial charge in [0.1, 0.15) is 19.0 Å². The van der Waals surface area contributed by atoms with Gasteiger partial charge in [0.25, 0.3) is 5.66 Å². The van der Waals surface area contributed by atoms with Crippen LogP contribution in [-0.2, 0) is 5.66 Å². The Morgan fingerprint density at radius 1 is 1.19 bits per heavy atom. The molecule has 142 valence electrons. The Labute approximate surface area is 153 Å². The maximum absolute atomic E-state index is 13.5. The Balaban J connectivity index is 1.93. The molecule has 1 unspecified atom stereocenters. The van der Waals surface area contributed by atoms with Crippen molar-refractivity contribution in [2.75, 3.05) is 30.8 Å². The summed E-state index contributed by atoms with van der Waals surface area (Å²) in [5, 5.41) is 3.14. The predicted molar refractivity (Wildman–Crippen MR) is 101 cm³/mol. The second-order valence-electron chi connectivity index (χ2n) is 5.54. The van der Waals surface area contributed by atoms with Gasteiger partial charge in [-0.2, -0.15) is 13.8 Å². The molecule has 0 aliphatic heterocycles. The van der Waals surface area contributed by atoms with Crippen LogP contribution in [0.5, 0.6) is 11.5 Å². The van der Waals surface area contributed by atoms with Crippen molar-refractivity contribution in [3.63, 3.8) is 0 Å². The molecule has 2 aromatic rings. The standard InChI is InChI=1S/C17H23F2N4O2P/c1-2-3-8-21-15-14(11-22-16(20)23-15)25-10-9-24-13-7-5-4-6-12(13)17(18,19)26/h4-7,11H,2-3,8-10,26H2,1H3,(H3,20,21,22,23). The number of anilines is 2. The smallest absolute Gasteiger partial charge is 0.287 e. The van der Waals surface area contributed by atoms with Crippen molar-refractivity contribution in [2.24, 2.45) is 0 Å². The summed E-state index contributed by atoms with van der Waals surface area (Å²) in [5.41, 5.74) is 2.36. The van der Waals surface area contributed by atoms with Gasteiger partial charge in [-0.15, -0.1) is 0 Å². The van der Waals surface area contributed by atoms with Crippen molar-refractivity contribution in [1.29, 1.82) is 0 Å². The number of ether oxygens (including phenoxy) is 2. The van der Waals surface area contributed by atoms with Crippen molar-refractivity contribution in [1.82, 2.24) is 9.97 Å². The van der Waals surface area contributed by atoms with Crippen LogP contribution in [0, 0.1) is 0 Å². The van der Waals surface area contributed by atoms with Gasteiger partial charge in [0.15, 0.2) is 11.6 Å². The molecule has 0 fully saturated rings. The first-order valence-corrected chi connectivity index (χ1v) is 8.87. The number of halogens is 2. The molecular formula is C17H23F2N4O2P. The molecule has 0 bridgehead atoms. The van der Waals surface area contributed by atoms with Gasteiger partial charge in [-0.1, -0.05) is 34.7 Å². The maximum Gasteiger partial charge on any atom is 0.287 e. The van der Waals surface area contributed by atoms with Crippen molar-refractivity contribution in [3.05, 3.63) is 36.0 Å². The third-order valence-corrected chi connectivity index (χ3v) is 3.75. The summed E-state index contributed by atoms with van der Waals surface area (Å²) in [6, 6.07) is 6.00. The van der Waals surface area contributed by atoms with Crippen LogP contribution in [-0.4, -0.2) is 29.7 Å². The van der Waals surface area contributed by atoms with Gasteiger partial charge >= 0.3 is 0 Å². The van der Waals surface area contributed by atoms with E-state index in [0.717, 1.165) is 19.4 Å². The number of alkyl halides is 2. The van der Waals surface area contributed by atoms with Crippen molar-refractivity contribution >= 4 is 21.0 Å². The van der Waals surface area contributed by atoms with Crippen molar-refractivity contribution in [2.45, 2.75) is 25.4 Å². The first-order chi connectivity index (χ1) is 12.4. The number of nitrogens with two attached hydrogens (primary N) is 1. The van der Waals surface area contributed by atoms with E-state index in [1.807, 2.05) is 0 Å². The summed E-state index contributed by atoms with van der Waals surface area (Å²) in [5.74, 6) is 1.20. The molecule has 0 aliphatic carbocycles. The molecule has 1 heterocycles. The lowest BCUT2D eigenvalue weighted by Gasteiger charge is -2.16. The Kier molecular flexibility index (Phi) is 7.33. The van der Waals surface area contributed by atoms with Gasteiger partial charge in [0, 0.05) is 6.54 Å². The summed E-state index contributed by atoms with van der Waals surface area (Å²) in [4.78, 5) is 8.03. The fraction of sp³-hybridized carbons (Fsp3) is 0.412. The minimum absolute atomic E-state index is 0.0938. The lowest BCUT2D eigenvalue weighted by Crippen LogP contribution is -2.14. The van der Waals surface area contributed by atoms with E-state index in [1.54, 1.807) is 6.07 Å². The number of benzene rings is 1. The summed E-state index contributed by atoms with van der Waals surface area (Å²) >= 11 is 0. The molecule has 6 nitrogen and oxygen atoms in total. The molecular weight excluding hydrogens is 361 g/mol. The highest BCUT2D eigenvalue weighted by molar-refractivity contribution is 7.17. The van der Waals surface area contributed by atoms with Gasteiger partial charge < -0.3 is 20.5 Å². The second-order valence-corrected chi connectivity index (χ2v) is 6.26. The molecule has 3 N–H and O–H groups in total.